The van der Waals surface area contributed by atoms with Gasteiger partial charge in [-0.15, -0.1) is 0 Å². The Bertz CT molecular complexity index is 283. The van der Waals surface area contributed by atoms with E-state index in [1.165, 1.54) is 6.08 Å². The van der Waals surface area contributed by atoms with Gasteiger partial charge in [0.15, 0.2) is 0 Å². The molecule has 0 spiro atoms. The zero-order valence-electron chi connectivity index (χ0n) is 6.84. The molecular formula is C6H11NO5S. The molecular weight excluding hydrogens is 198 g/mol. The Kier molecular flexibility index (Phi) is 4.60. The third kappa shape index (κ3) is 6.26. The maximum atomic E-state index is 10.8. The number of rotatable bonds is 5. The smallest absolute Gasteiger partial charge is 0.324 e. The van der Waals surface area contributed by atoms with E-state index in [1.807, 2.05) is 0 Å². The number of esters is 1. The van der Waals surface area contributed by atoms with E-state index < -0.39 is 27.9 Å². The van der Waals surface area contributed by atoms with E-state index in [1.54, 1.807) is 0 Å². The van der Waals surface area contributed by atoms with Crippen molar-refractivity contribution in [3.8, 4) is 0 Å². The van der Waals surface area contributed by atoms with E-state index >= 15 is 0 Å². The van der Waals surface area contributed by atoms with Crippen LogP contribution in [-0.2, 0) is 19.6 Å². The fourth-order valence-corrected chi connectivity index (χ4v) is 1.13. The van der Waals surface area contributed by atoms with E-state index in [0.717, 1.165) is 0 Å². The summed E-state index contributed by atoms with van der Waals surface area (Å²) >= 11 is 0. The van der Waals surface area contributed by atoms with Gasteiger partial charge in [0.1, 0.15) is 18.4 Å². The fraction of sp³-hybridized carbons (Fsp3) is 0.500. The maximum Gasteiger partial charge on any atom is 0.324 e. The molecule has 3 N–H and O–H groups in total. The molecule has 76 valence electrons. The SMILES string of the molecule is C=CCOC(=O)[C@@H](N)CS(=O)(=O)O. The molecule has 1 atom stereocenters. The predicted molar refractivity (Wildman–Crippen MR) is 45.5 cm³/mol. The molecule has 0 aliphatic rings. The van der Waals surface area contributed by atoms with Crippen LogP contribution in [0.2, 0.25) is 0 Å². The van der Waals surface area contributed by atoms with Crippen molar-refractivity contribution < 1.29 is 22.5 Å². The highest BCUT2D eigenvalue weighted by Gasteiger charge is 2.20. The van der Waals surface area contributed by atoms with Crippen LogP contribution in [0.3, 0.4) is 0 Å². The van der Waals surface area contributed by atoms with Crippen LogP contribution >= 0.6 is 0 Å². The van der Waals surface area contributed by atoms with Gasteiger partial charge in [-0.1, -0.05) is 12.7 Å². The molecule has 0 radical (unpaired) electrons. The zero-order valence-corrected chi connectivity index (χ0v) is 7.66. The van der Waals surface area contributed by atoms with E-state index in [9.17, 15) is 13.2 Å². The Morgan fingerprint density at radius 1 is 1.69 bits per heavy atom. The Morgan fingerprint density at radius 2 is 2.23 bits per heavy atom. The van der Waals surface area contributed by atoms with Crippen LogP contribution in [0.5, 0.6) is 0 Å². The molecule has 13 heavy (non-hydrogen) atoms. The average molecular weight is 209 g/mol. The van der Waals surface area contributed by atoms with Crippen LogP contribution < -0.4 is 5.73 Å². The third-order valence-corrected chi connectivity index (χ3v) is 1.82. The number of carbonyl (C=O) groups excluding carboxylic acids is 1. The molecule has 0 amide bonds. The van der Waals surface area contributed by atoms with Crippen LogP contribution in [-0.4, -0.2) is 37.3 Å². The standard InChI is InChI=1S/C6H11NO5S/c1-2-3-12-6(8)5(7)4-13(9,10)11/h2,5H,1,3-4,7H2,(H,9,10,11)/t5-/m0/s1. The van der Waals surface area contributed by atoms with Crippen LogP contribution in [0.25, 0.3) is 0 Å². The lowest BCUT2D eigenvalue weighted by Crippen LogP contribution is -2.38. The summed E-state index contributed by atoms with van der Waals surface area (Å²) in [5.41, 5.74) is 5.10. The molecule has 0 aromatic rings. The fourth-order valence-electron chi connectivity index (χ4n) is 0.543. The lowest BCUT2D eigenvalue weighted by Gasteiger charge is -2.07. The average Bonchev–Trinajstić information content (AvgIpc) is 1.96. The summed E-state index contributed by atoms with van der Waals surface area (Å²) in [5, 5.41) is 0. The summed E-state index contributed by atoms with van der Waals surface area (Å²) in [5.74, 6) is -1.74. The van der Waals surface area contributed by atoms with Gasteiger partial charge >= 0.3 is 5.97 Å². The van der Waals surface area contributed by atoms with E-state index in [2.05, 4.69) is 11.3 Å². The minimum atomic E-state index is -4.25. The molecule has 0 fully saturated rings. The van der Waals surface area contributed by atoms with Gasteiger partial charge in [0.25, 0.3) is 10.1 Å². The van der Waals surface area contributed by atoms with Crippen molar-refractivity contribution in [2.24, 2.45) is 5.73 Å². The first-order chi connectivity index (χ1) is 5.87. The monoisotopic (exact) mass is 209 g/mol. The van der Waals surface area contributed by atoms with Gasteiger partial charge in [-0.05, 0) is 0 Å². The number of hydrogen-bond donors (Lipinski definition) is 2. The second-order valence-electron chi connectivity index (χ2n) is 2.27. The minimum absolute atomic E-state index is 0.0436. The second-order valence-corrected chi connectivity index (χ2v) is 3.77. The van der Waals surface area contributed by atoms with Gasteiger partial charge in [-0.3, -0.25) is 9.35 Å². The van der Waals surface area contributed by atoms with Crippen LogP contribution in [0.1, 0.15) is 0 Å². The van der Waals surface area contributed by atoms with Crippen molar-refractivity contribution >= 4 is 16.1 Å². The number of ether oxygens (including phenoxy) is 1. The van der Waals surface area contributed by atoms with Crippen molar-refractivity contribution in [1.29, 1.82) is 0 Å². The highest BCUT2D eigenvalue weighted by molar-refractivity contribution is 7.85. The normalized spacial score (nSPS) is 13.4. The summed E-state index contributed by atoms with van der Waals surface area (Å²) in [6, 6.07) is -1.37. The van der Waals surface area contributed by atoms with Crippen molar-refractivity contribution in [1.82, 2.24) is 0 Å². The molecule has 0 heterocycles. The molecule has 0 saturated heterocycles. The maximum absolute atomic E-state index is 10.8. The van der Waals surface area contributed by atoms with Gasteiger partial charge < -0.3 is 10.5 Å². The first-order valence-electron chi connectivity index (χ1n) is 3.35. The minimum Gasteiger partial charge on any atom is -0.460 e. The zero-order chi connectivity index (χ0) is 10.5. The Morgan fingerprint density at radius 3 is 2.62 bits per heavy atom. The lowest BCUT2D eigenvalue weighted by atomic mass is 10.4. The molecule has 0 aliphatic carbocycles. The van der Waals surface area contributed by atoms with Crippen molar-refractivity contribution in [3.05, 3.63) is 12.7 Å². The van der Waals surface area contributed by atoms with Gasteiger partial charge in [0, 0.05) is 0 Å². The van der Waals surface area contributed by atoms with Gasteiger partial charge in [0.2, 0.25) is 0 Å². The Labute approximate surface area is 76.1 Å². The molecule has 0 bridgehead atoms. The van der Waals surface area contributed by atoms with Crippen LogP contribution in [0.15, 0.2) is 12.7 Å². The summed E-state index contributed by atoms with van der Waals surface area (Å²) in [7, 11) is -4.25. The summed E-state index contributed by atoms with van der Waals surface area (Å²) in [4.78, 5) is 10.8. The van der Waals surface area contributed by atoms with Crippen molar-refractivity contribution in [2.75, 3.05) is 12.4 Å². The quantitative estimate of drug-likeness (QED) is 0.339. The molecule has 6 nitrogen and oxygen atoms in total. The number of nitrogens with two attached hydrogens (primary N) is 1. The van der Waals surface area contributed by atoms with Gasteiger partial charge in [-0.25, -0.2) is 0 Å². The van der Waals surface area contributed by atoms with E-state index in [4.69, 9.17) is 10.3 Å². The third-order valence-electron chi connectivity index (χ3n) is 1.04. The highest BCUT2D eigenvalue weighted by atomic mass is 32.2. The van der Waals surface area contributed by atoms with Crippen LogP contribution in [0, 0.1) is 0 Å². The van der Waals surface area contributed by atoms with Gasteiger partial charge in [0.05, 0.1) is 0 Å². The van der Waals surface area contributed by atoms with Crippen molar-refractivity contribution in [3.63, 3.8) is 0 Å². The number of carbonyl (C=O) groups is 1. The molecule has 0 aromatic carbocycles. The Balaban J connectivity index is 4.04. The predicted octanol–water partition coefficient (Wildman–Crippen LogP) is -1.07. The summed E-state index contributed by atoms with van der Waals surface area (Å²) in [6.45, 7) is 3.24. The molecule has 7 heteroatoms. The molecule has 0 aliphatic heterocycles. The lowest BCUT2D eigenvalue weighted by molar-refractivity contribution is -0.143. The van der Waals surface area contributed by atoms with Gasteiger partial charge in [-0.2, -0.15) is 8.42 Å². The first-order valence-corrected chi connectivity index (χ1v) is 4.96. The van der Waals surface area contributed by atoms with Crippen molar-refractivity contribution in [2.45, 2.75) is 6.04 Å². The molecule has 0 rings (SSSR count). The summed E-state index contributed by atoms with van der Waals surface area (Å²) < 4.78 is 33.3. The van der Waals surface area contributed by atoms with E-state index in [-0.39, 0.29) is 6.61 Å². The largest absolute Gasteiger partial charge is 0.460 e. The topological polar surface area (TPSA) is 107 Å². The van der Waals surface area contributed by atoms with E-state index in [0.29, 0.717) is 0 Å². The van der Waals surface area contributed by atoms with Crippen LogP contribution in [0.4, 0.5) is 0 Å². The number of hydrogen-bond acceptors (Lipinski definition) is 5. The first kappa shape index (κ1) is 12.1. The molecule has 0 unspecified atom stereocenters. The summed E-state index contributed by atoms with van der Waals surface area (Å²) in [6.07, 6.45) is 1.32. The highest BCUT2D eigenvalue weighted by Crippen LogP contribution is 1.91. The molecule has 0 aromatic heterocycles. The molecule has 0 saturated carbocycles. The Hall–Kier alpha value is -0.920. The second kappa shape index (κ2) is 4.95.